The average Bonchev–Trinajstić information content (AvgIpc) is 2.26. The molecular formula is C12H14ClFN2O3. The van der Waals surface area contributed by atoms with Gasteiger partial charge in [-0.3, -0.25) is 4.79 Å². The van der Waals surface area contributed by atoms with Crippen LogP contribution in [0.2, 0.25) is 5.15 Å². The molecule has 1 rings (SSSR count). The summed E-state index contributed by atoms with van der Waals surface area (Å²) in [6.45, 7) is 4.99. The van der Waals surface area contributed by atoms with Crippen molar-refractivity contribution < 1.29 is 19.1 Å². The summed E-state index contributed by atoms with van der Waals surface area (Å²) in [4.78, 5) is 26.5. The first kappa shape index (κ1) is 15.4. The number of hydrogen-bond acceptors (Lipinski definition) is 3. The van der Waals surface area contributed by atoms with Crippen molar-refractivity contribution in [3.8, 4) is 0 Å². The van der Waals surface area contributed by atoms with E-state index >= 15 is 0 Å². The molecule has 7 heteroatoms. The van der Waals surface area contributed by atoms with E-state index in [2.05, 4.69) is 10.3 Å². The lowest BCUT2D eigenvalue weighted by Crippen LogP contribution is -2.49. The van der Waals surface area contributed by atoms with Crippen LogP contribution < -0.4 is 5.32 Å². The fourth-order valence-corrected chi connectivity index (χ4v) is 1.63. The van der Waals surface area contributed by atoms with Crippen LogP contribution in [-0.2, 0) is 4.79 Å². The Kier molecular flexibility index (Phi) is 4.47. The third kappa shape index (κ3) is 3.89. The summed E-state index contributed by atoms with van der Waals surface area (Å²) in [5, 5.41) is 11.2. The molecule has 0 saturated carbocycles. The zero-order valence-corrected chi connectivity index (χ0v) is 11.5. The van der Waals surface area contributed by atoms with Gasteiger partial charge in [0.1, 0.15) is 17.0 Å². The number of carboxylic acids is 1. The van der Waals surface area contributed by atoms with E-state index in [1.165, 1.54) is 0 Å². The molecule has 1 atom stereocenters. The van der Waals surface area contributed by atoms with Gasteiger partial charge in [-0.15, -0.1) is 0 Å². The number of aliphatic carboxylic acids is 1. The number of hydrogen-bond donors (Lipinski definition) is 2. The Bertz CT molecular complexity index is 514. The predicted molar refractivity (Wildman–Crippen MR) is 67.6 cm³/mol. The van der Waals surface area contributed by atoms with E-state index in [9.17, 15) is 14.0 Å². The highest BCUT2D eigenvalue weighted by molar-refractivity contribution is 6.32. The van der Waals surface area contributed by atoms with Crippen molar-refractivity contribution in [1.82, 2.24) is 10.3 Å². The van der Waals surface area contributed by atoms with Crippen molar-refractivity contribution in [1.29, 1.82) is 0 Å². The molecule has 104 valence electrons. The molecule has 0 spiro atoms. The number of nitrogens with zero attached hydrogens (tertiary/aromatic N) is 1. The molecule has 0 aliphatic rings. The molecular weight excluding hydrogens is 275 g/mol. The van der Waals surface area contributed by atoms with Crippen LogP contribution in [0.1, 0.15) is 31.1 Å². The maximum Gasteiger partial charge on any atom is 0.326 e. The highest BCUT2D eigenvalue weighted by atomic mass is 35.5. The predicted octanol–water partition coefficient (Wildman–Crippen LogP) is 2.10. The first-order valence-corrected chi connectivity index (χ1v) is 5.85. The quantitative estimate of drug-likeness (QED) is 0.835. The second-order valence-electron chi connectivity index (χ2n) is 5.10. The lowest BCUT2D eigenvalue weighted by Gasteiger charge is -2.27. The van der Waals surface area contributed by atoms with Gasteiger partial charge in [-0.05, 0) is 11.5 Å². The summed E-state index contributed by atoms with van der Waals surface area (Å²) in [6.07, 6.45) is 0.873. The van der Waals surface area contributed by atoms with Crippen LogP contribution >= 0.6 is 11.6 Å². The summed E-state index contributed by atoms with van der Waals surface area (Å²) in [7, 11) is 0. The summed E-state index contributed by atoms with van der Waals surface area (Å²) >= 11 is 5.68. The standard InChI is InChI=1S/C12H14ClFN2O3/c1-12(2,3)8(11(18)19)16-10(17)7-4-6(14)5-15-9(7)13/h4-5,8H,1-3H3,(H,16,17)(H,18,19). The van der Waals surface area contributed by atoms with Crippen molar-refractivity contribution in [2.24, 2.45) is 5.41 Å². The fraction of sp³-hybridized carbons (Fsp3) is 0.417. The van der Waals surface area contributed by atoms with Crippen LogP contribution in [0, 0.1) is 11.2 Å². The molecule has 0 bridgehead atoms. The van der Waals surface area contributed by atoms with Gasteiger partial charge in [0.15, 0.2) is 0 Å². The van der Waals surface area contributed by atoms with E-state index in [-0.39, 0.29) is 10.7 Å². The van der Waals surface area contributed by atoms with Crippen LogP contribution in [-0.4, -0.2) is 28.0 Å². The normalized spacial score (nSPS) is 12.9. The SMILES string of the molecule is CC(C)(C)C(NC(=O)c1cc(F)cnc1Cl)C(=O)O. The molecule has 0 aromatic carbocycles. The molecule has 0 fully saturated rings. The Balaban J connectivity index is 3.01. The Morgan fingerprint density at radius 1 is 1.47 bits per heavy atom. The van der Waals surface area contributed by atoms with Gasteiger partial charge >= 0.3 is 5.97 Å². The van der Waals surface area contributed by atoms with E-state index in [4.69, 9.17) is 16.7 Å². The number of halogens is 2. The molecule has 0 saturated heterocycles. The molecule has 0 radical (unpaired) electrons. The maximum atomic E-state index is 13.0. The minimum absolute atomic E-state index is 0.183. The van der Waals surface area contributed by atoms with Gasteiger partial charge in [0, 0.05) is 0 Å². The number of aromatic nitrogens is 1. The Hall–Kier alpha value is -1.69. The van der Waals surface area contributed by atoms with Crippen molar-refractivity contribution in [3.05, 3.63) is 28.8 Å². The van der Waals surface area contributed by atoms with E-state index in [1.54, 1.807) is 20.8 Å². The van der Waals surface area contributed by atoms with Crippen molar-refractivity contribution in [3.63, 3.8) is 0 Å². The Morgan fingerprint density at radius 2 is 2.05 bits per heavy atom. The minimum Gasteiger partial charge on any atom is -0.480 e. The summed E-state index contributed by atoms with van der Waals surface area (Å²) in [5.74, 6) is -2.68. The van der Waals surface area contributed by atoms with Crippen LogP contribution in [0.15, 0.2) is 12.3 Å². The lowest BCUT2D eigenvalue weighted by atomic mass is 9.86. The van der Waals surface area contributed by atoms with Crippen LogP contribution in [0.4, 0.5) is 4.39 Å². The lowest BCUT2D eigenvalue weighted by molar-refractivity contribution is -0.142. The monoisotopic (exact) mass is 288 g/mol. The van der Waals surface area contributed by atoms with Gasteiger partial charge in [-0.25, -0.2) is 14.2 Å². The zero-order chi connectivity index (χ0) is 14.8. The van der Waals surface area contributed by atoms with Crippen molar-refractivity contribution in [2.75, 3.05) is 0 Å². The van der Waals surface area contributed by atoms with Crippen molar-refractivity contribution >= 4 is 23.5 Å². The number of carbonyl (C=O) groups excluding carboxylic acids is 1. The topological polar surface area (TPSA) is 79.3 Å². The molecule has 1 aromatic heterocycles. The average molecular weight is 289 g/mol. The first-order chi connectivity index (χ1) is 8.62. The largest absolute Gasteiger partial charge is 0.480 e. The van der Waals surface area contributed by atoms with E-state index in [1.807, 2.05) is 0 Å². The van der Waals surface area contributed by atoms with E-state index in [0.29, 0.717) is 0 Å². The third-order valence-electron chi connectivity index (χ3n) is 2.44. The molecule has 19 heavy (non-hydrogen) atoms. The van der Waals surface area contributed by atoms with Crippen LogP contribution in [0.3, 0.4) is 0 Å². The van der Waals surface area contributed by atoms with E-state index in [0.717, 1.165) is 12.3 Å². The zero-order valence-electron chi connectivity index (χ0n) is 10.7. The number of rotatable bonds is 3. The number of carboxylic acid groups (broad SMARTS) is 1. The summed E-state index contributed by atoms with van der Waals surface area (Å²) < 4.78 is 13.0. The molecule has 0 aliphatic heterocycles. The second kappa shape index (κ2) is 5.52. The van der Waals surface area contributed by atoms with Gasteiger partial charge in [-0.2, -0.15) is 0 Å². The third-order valence-corrected chi connectivity index (χ3v) is 2.74. The molecule has 2 N–H and O–H groups in total. The Labute approximate surface area is 114 Å². The van der Waals surface area contributed by atoms with Crippen LogP contribution in [0.25, 0.3) is 0 Å². The second-order valence-corrected chi connectivity index (χ2v) is 5.46. The summed E-state index contributed by atoms with van der Waals surface area (Å²) in [6, 6.07) is -0.217. The number of nitrogens with one attached hydrogen (secondary N) is 1. The first-order valence-electron chi connectivity index (χ1n) is 5.47. The maximum absolute atomic E-state index is 13.0. The fourth-order valence-electron chi connectivity index (χ4n) is 1.44. The number of carbonyl (C=O) groups is 2. The van der Waals surface area contributed by atoms with Gasteiger partial charge < -0.3 is 10.4 Å². The molecule has 1 unspecified atom stereocenters. The van der Waals surface area contributed by atoms with Gasteiger partial charge in [-0.1, -0.05) is 32.4 Å². The van der Waals surface area contributed by atoms with Crippen molar-refractivity contribution in [2.45, 2.75) is 26.8 Å². The van der Waals surface area contributed by atoms with Gasteiger partial charge in [0.05, 0.1) is 11.8 Å². The Morgan fingerprint density at radius 3 is 2.53 bits per heavy atom. The summed E-state index contributed by atoms with van der Waals surface area (Å²) in [5.41, 5.74) is -0.897. The van der Waals surface area contributed by atoms with Gasteiger partial charge in [0.25, 0.3) is 5.91 Å². The number of pyridine rings is 1. The minimum atomic E-state index is -1.18. The number of amides is 1. The molecule has 5 nitrogen and oxygen atoms in total. The molecule has 1 heterocycles. The molecule has 0 aliphatic carbocycles. The van der Waals surface area contributed by atoms with E-state index < -0.39 is 29.2 Å². The molecule has 1 aromatic rings. The highest BCUT2D eigenvalue weighted by Crippen LogP contribution is 2.21. The van der Waals surface area contributed by atoms with Gasteiger partial charge in [0.2, 0.25) is 0 Å². The smallest absolute Gasteiger partial charge is 0.326 e. The molecule has 1 amide bonds. The van der Waals surface area contributed by atoms with Crippen LogP contribution in [0.5, 0.6) is 0 Å². The highest BCUT2D eigenvalue weighted by Gasteiger charge is 2.33.